The molecule has 9 heteroatoms. The molecule has 0 aromatic heterocycles. The number of hydrogen-bond donors (Lipinski definition) is 4. The van der Waals surface area contributed by atoms with E-state index in [0.717, 1.165) is 76.7 Å². The Hall–Kier alpha value is -2.19. The summed E-state index contributed by atoms with van der Waals surface area (Å²) in [7, 11) is 0. The van der Waals surface area contributed by atoms with E-state index < -0.39 is 0 Å². The number of unbranched alkanes of at least 4 members (excludes halogenated alkanes) is 3. The molecule has 0 radical (unpaired) electrons. The molecular weight excluding hydrogens is 657 g/mol. The molecule has 2 saturated carbocycles. The van der Waals surface area contributed by atoms with Gasteiger partial charge in [-0.3, -0.25) is 0 Å². The van der Waals surface area contributed by atoms with E-state index in [2.05, 4.69) is 52.8 Å². The molecule has 2 aromatic rings. The van der Waals surface area contributed by atoms with Crippen molar-refractivity contribution in [1.29, 1.82) is 0 Å². The van der Waals surface area contributed by atoms with Crippen LogP contribution in [-0.4, -0.2) is 73.5 Å². The summed E-state index contributed by atoms with van der Waals surface area (Å²) >= 11 is 11.8. The number of carbonyl (C=O) groups excluding carboxylic acids is 1. The number of benzene rings is 2. The molecule has 3 aliphatic carbocycles. The van der Waals surface area contributed by atoms with Crippen molar-refractivity contribution in [3.05, 3.63) is 59.2 Å². The van der Waals surface area contributed by atoms with Gasteiger partial charge in [-0.25, -0.2) is 4.79 Å². The molecule has 1 amide bonds. The Morgan fingerprint density at radius 1 is 0.959 bits per heavy atom. The van der Waals surface area contributed by atoms with E-state index in [1.165, 1.54) is 42.4 Å². The fraction of sp³-hybridized carbons (Fsp3) is 0.675. The van der Waals surface area contributed by atoms with Gasteiger partial charge in [0.05, 0.1) is 6.10 Å². The van der Waals surface area contributed by atoms with Crippen molar-refractivity contribution in [2.75, 3.05) is 56.0 Å². The second-order valence-electron chi connectivity index (χ2n) is 14.9. The van der Waals surface area contributed by atoms with Crippen molar-refractivity contribution in [1.82, 2.24) is 10.6 Å². The van der Waals surface area contributed by atoms with E-state index in [1.54, 1.807) is 0 Å². The zero-order valence-corrected chi connectivity index (χ0v) is 31.0. The molecule has 0 heterocycles. The van der Waals surface area contributed by atoms with Crippen molar-refractivity contribution in [2.24, 2.45) is 23.2 Å². The summed E-state index contributed by atoms with van der Waals surface area (Å²) in [6.07, 6.45) is 12.6. The molecule has 0 aliphatic heterocycles. The van der Waals surface area contributed by atoms with Crippen molar-refractivity contribution in [2.45, 2.75) is 96.0 Å². The van der Waals surface area contributed by atoms with Crippen LogP contribution in [0.1, 0.15) is 93.7 Å². The Morgan fingerprint density at radius 3 is 2.51 bits per heavy atom. The highest BCUT2D eigenvalue weighted by atomic mass is 35.5. The Morgan fingerprint density at radius 2 is 1.73 bits per heavy atom. The average Bonchev–Trinajstić information content (AvgIpc) is 3.41. The third kappa shape index (κ3) is 9.99. The first kappa shape index (κ1) is 38.1. The molecule has 272 valence electrons. The Balaban J connectivity index is 0.914. The first-order valence-corrected chi connectivity index (χ1v) is 20.0. The number of anilines is 1. The van der Waals surface area contributed by atoms with Crippen molar-refractivity contribution in [3.63, 3.8) is 0 Å². The predicted molar refractivity (Wildman–Crippen MR) is 201 cm³/mol. The van der Waals surface area contributed by atoms with Crippen LogP contribution in [0, 0.1) is 23.2 Å². The quantitative estimate of drug-likeness (QED) is 0.0870. The summed E-state index contributed by atoms with van der Waals surface area (Å²) in [5.74, 6) is 3.95. The number of fused-ring (bicyclic) bond motifs is 5. The lowest BCUT2D eigenvalue weighted by Crippen LogP contribution is -2.47. The lowest BCUT2D eigenvalue weighted by molar-refractivity contribution is -0.0396. The lowest BCUT2D eigenvalue weighted by Gasteiger charge is -2.53. The largest absolute Gasteiger partial charge is 0.508 e. The highest BCUT2D eigenvalue weighted by Gasteiger charge is 2.56. The number of nitrogens with one attached hydrogen (secondary N) is 2. The fourth-order valence-electron chi connectivity index (χ4n) is 9.36. The van der Waals surface area contributed by atoms with Crippen LogP contribution in [0.2, 0.25) is 0 Å². The van der Waals surface area contributed by atoms with Gasteiger partial charge in [0.15, 0.2) is 0 Å². The maximum absolute atomic E-state index is 12.1. The minimum atomic E-state index is -0.358. The number of rotatable bonds is 19. The van der Waals surface area contributed by atoms with Gasteiger partial charge in [-0.05, 0) is 134 Å². The molecule has 4 N–H and O–H groups in total. The van der Waals surface area contributed by atoms with E-state index >= 15 is 0 Å². The summed E-state index contributed by atoms with van der Waals surface area (Å²) in [5.41, 5.74) is 5.24. The standard InChI is InChI=1S/C40H59Cl2N3O4/c1-40-18-17-35-34-14-13-33(46)28-31(34)27-30(38(35)36(40)15-16-37(40)47)8-4-2-3-5-21-43-23-26-49-39(48)44-22-6-7-29-9-11-32(12-10-29)45(24-19-41)25-20-42/h9-14,28,30,35-38,43,46-47H,2-8,15-27H2,1H3,(H,44,48)/t30-,35-,36+,37+,38-,40+/m1/s1. The molecule has 5 rings (SSSR count). The number of phenolic OH excluding ortho intramolecular Hbond substituents is 1. The van der Waals surface area contributed by atoms with Crippen molar-refractivity contribution >= 4 is 35.0 Å². The number of aliphatic hydroxyl groups is 1. The number of ether oxygens (including phenoxy) is 1. The maximum atomic E-state index is 12.1. The Kier molecular flexibility index (Phi) is 14.7. The van der Waals surface area contributed by atoms with Gasteiger partial charge in [0.25, 0.3) is 0 Å². The van der Waals surface area contributed by atoms with Gasteiger partial charge < -0.3 is 30.5 Å². The number of aromatic hydroxyl groups is 1. The molecule has 0 bridgehead atoms. The number of halogens is 2. The molecule has 0 unspecified atom stereocenters. The van der Waals surface area contributed by atoms with Crippen LogP contribution in [0.4, 0.5) is 10.5 Å². The van der Waals surface area contributed by atoms with Crippen LogP contribution < -0.4 is 15.5 Å². The molecular formula is C40H59Cl2N3O4. The average molecular weight is 717 g/mol. The number of aliphatic hydroxyl groups excluding tert-OH is 1. The second-order valence-corrected chi connectivity index (χ2v) is 15.7. The van der Waals surface area contributed by atoms with Crippen molar-refractivity contribution in [3.8, 4) is 5.75 Å². The van der Waals surface area contributed by atoms with Gasteiger partial charge in [0.1, 0.15) is 12.4 Å². The number of nitrogens with zero attached hydrogens (tertiary/aromatic N) is 1. The van der Waals surface area contributed by atoms with Crippen LogP contribution in [0.15, 0.2) is 42.5 Å². The summed E-state index contributed by atoms with van der Waals surface area (Å²) in [4.78, 5) is 14.3. The van der Waals surface area contributed by atoms with Gasteiger partial charge in [-0.15, -0.1) is 23.2 Å². The molecule has 2 aromatic carbocycles. The van der Waals surface area contributed by atoms with Gasteiger partial charge in [-0.1, -0.05) is 44.4 Å². The second kappa shape index (κ2) is 18.9. The monoisotopic (exact) mass is 715 g/mol. The zero-order valence-electron chi connectivity index (χ0n) is 29.5. The molecule has 7 nitrogen and oxygen atoms in total. The molecule has 0 spiro atoms. The van der Waals surface area contributed by atoms with Crippen molar-refractivity contribution < 1.29 is 19.7 Å². The van der Waals surface area contributed by atoms with Crippen LogP contribution in [0.3, 0.4) is 0 Å². The lowest BCUT2D eigenvalue weighted by atomic mass is 9.52. The molecule has 6 atom stereocenters. The van der Waals surface area contributed by atoms with E-state index in [9.17, 15) is 15.0 Å². The normalized spacial score (nSPS) is 25.7. The van der Waals surface area contributed by atoms with E-state index in [4.69, 9.17) is 27.9 Å². The van der Waals surface area contributed by atoms with Crippen LogP contribution in [0.25, 0.3) is 0 Å². The maximum Gasteiger partial charge on any atom is 0.407 e. The molecule has 2 fully saturated rings. The van der Waals surface area contributed by atoms with Gasteiger partial charge in [0.2, 0.25) is 0 Å². The SMILES string of the molecule is C[C@]12CC[C@@H]3c4ccc(O)cc4C[C@@H](CCCCCCNCCOC(=O)NCCCc4ccc(N(CCCl)CCCl)cc4)[C@H]3[C@@H]1CC[C@@H]2O. The number of alkyl carbamates (subject to hydrolysis) is 1. The summed E-state index contributed by atoms with van der Waals surface area (Å²) in [6.45, 7) is 6.43. The van der Waals surface area contributed by atoms with E-state index in [1.807, 2.05) is 12.1 Å². The smallest absolute Gasteiger partial charge is 0.407 e. The minimum Gasteiger partial charge on any atom is -0.508 e. The predicted octanol–water partition coefficient (Wildman–Crippen LogP) is 8.02. The van der Waals surface area contributed by atoms with Gasteiger partial charge >= 0.3 is 6.09 Å². The summed E-state index contributed by atoms with van der Waals surface area (Å²) < 4.78 is 5.34. The highest BCUT2D eigenvalue weighted by molar-refractivity contribution is 6.18. The number of hydrogen-bond acceptors (Lipinski definition) is 6. The van der Waals surface area contributed by atoms with E-state index in [-0.39, 0.29) is 17.6 Å². The van der Waals surface area contributed by atoms with Crippen LogP contribution in [-0.2, 0) is 17.6 Å². The first-order valence-electron chi connectivity index (χ1n) is 18.9. The summed E-state index contributed by atoms with van der Waals surface area (Å²) in [6, 6.07) is 14.5. The number of alkyl halides is 2. The van der Waals surface area contributed by atoms with Crippen LogP contribution >= 0.6 is 23.2 Å². The first-order chi connectivity index (χ1) is 23.8. The highest BCUT2D eigenvalue weighted by Crippen LogP contribution is 2.62. The molecule has 0 saturated heterocycles. The van der Waals surface area contributed by atoms with E-state index in [0.29, 0.717) is 60.9 Å². The Labute approximate surface area is 304 Å². The Bertz CT molecular complexity index is 1310. The fourth-order valence-corrected chi connectivity index (χ4v) is 9.77. The minimum absolute atomic E-state index is 0.0656. The zero-order chi connectivity index (χ0) is 34.6. The summed E-state index contributed by atoms with van der Waals surface area (Å²) in [5, 5.41) is 27.4. The number of carbonyl (C=O) groups is 1. The number of aryl methyl sites for hydroxylation is 1. The number of amides is 1. The topological polar surface area (TPSA) is 94.1 Å². The third-order valence-corrected chi connectivity index (χ3v) is 12.3. The molecule has 49 heavy (non-hydrogen) atoms. The van der Waals surface area contributed by atoms with Crippen LogP contribution in [0.5, 0.6) is 5.75 Å². The third-order valence-electron chi connectivity index (χ3n) is 11.9. The number of phenols is 1. The van der Waals surface area contributed by atoms with Gasteiger partial charge in [0, 0.05) is 43.6 Å². The molecule has 3 aliphatic rings. The van der Waals surface area contributed by atoms with Gasteiger partial charge in [-0.2, -0.15) is 0 Å².